The van der Waals surface area contributed by atoms with Gasteiger partial charge in [-0.05, 0) is 31.0 Å². The third-order valence-corrected chi connectivity index (χ3v) is 3.84. The molecule has 2 rings (SSSR count). The molecule has 0 aromatic heterocycles. The lowest BCUT2D eigenvalue weighted by Gasteiger charge is -2.38. The maximum absolute atomic E-state index is 13.0. The van der Waals surface area contributed by atoms with Crippen LogP contribution in [0.4, 0.5) is 10.1 Å². The van der Waals surface area contributed by atoms with Crippen molar-refractivity contribution in [2.24, 2.45) is 5.41 Å². The average molecular weight is 272 g/mol. The molecule has 0 aliphatic carbocycles. The summed E-state index contributed by atoms with van der Waals surface area (Å²) in [4.78, 5) is 13.2. The zero-order valence-electron chi connectivity index (χ0n) is 9.90. The maximum Gasteiger partial charge on any atom is 0.312 e. The molecular formula is C13H15ClFNO2. The van der Waals surface area contributed by atoms with Crippen molar-refractivity contribution in [3.05, 3.63) is 29.3 Å². The highest BCUT2D eigenvalue weighted by atomic mass is 35.5. The van der Waals surface area contributed by atoms with Crippen LogP contribution in [0.25, 0.3) is 0 Å². The topological polar surface area (TPSA) is 40.5 Å². The molecule has 0 saturated carbocycles. The number of rotatable bonds is 3. The van der Waals surface area contributed by atoms with Crippen LogP contribution in [0.3, 0.4) is 0 Å². The Bertz CT molecular complexity index is 444. The smallest absolute Gasteiger partial charge is 0.312 e. The monoisotopic (exact) mass is 271 g/mol. The second-order valence-electron chi connectivity index (χ2n) is 4.69. The summed E-state index contributed by atoms with van der Waals surface area (Å²) in [7, 11) is 0. The van der Waals surface area contributed by atoms with E-state index < -0.39 is 18.1 Å². The fourth-order valence-electron chi connectivity index (χ4n) is 2.27. The third-order valence-electron chi connectivity index (χ3n) is 3.60. The summed E-state index contributed by atoms with van der Waals surface area (Å²) in [6, 6.07) is 7.41. The first kappa shape index (κ1) is 13.1. The first-order valence-corrected chi connectivity index (χ1v) is 6.25. The Labute approximate surface area is 110 Å². The Morgan fingerprint density at radius 3 is 2.61 bits per heavy atom. The Kier molecular flexibility index (Phi) is 3.76. The van der Waals surface area contributed by atoms with Gasteiger partial charge in [0.25, 0.3) is 0 Å². The number of hydrogen-bond acceptors (Lipinski definition) is 2. The quantitative estimate of drug-likeness (QED) is 0.919. The SMILES string of the molecule is O=C(O)C1(CF)CCN(c2cccc(Cl)c2)CC1. The van der Waals surface area contributed by atoms with Gasteiger partial charge in [-0.15, -0.1) is 0 Å². The molecule has 1 aliphatic heterocycles. The summed E-state index contributed by atoms with van der Waals surface area (Å²) < 4.78 is 13.0. The van der Waals surface area contributed by atoms with E-state index in [-0.39, 0.29) is 0 Å². The van der Waals surface area contributed by atoms with E-state index in [2.05, 4.69) is 0 Å². The largest absolute Gasteiger partial charge is 0.481 e. The van der Waals surface area contributed by atoms with Crippen LogP contribution in [0, 0.1) is 5.41 Å². The number of carboxylic acid groups (broad SMARTS) is 1. The minimum Gasteiger partial charge on any atom is -0.481 e. The summed E-state index contributed by atoms with van der Waals surface area (Å²) in [5.74, 6) is -1.03. The van der Waals surface area contributed by atoms with Crippen molar-refractivity contribution in [1.29, 1.82) is 0 Å². The number of carbonyl (C=O) groups is 1. The summed E-state index contributed by atoms with van der Waals surface area (Å²) in [6.45, 7) is 0.277. The fourth-order valence-corrected chi connectivity index (χ4v) is 2.45. The van der Waals surface area contributed by atoms with E-state index in [0.717, 1.165) is 5.69 Å². The molecule has 1 aromatic rings. The van der Waals surface area contributed by atoms with Crippen molar-refractivity contribution >= 4 is 23.3 Å². The number of benzene rings is 1. The van der Waals surface area contributed by atoms with Crippen LogP contribution in [0.1, 0.15) is 12.8 Å². The van der Waals surface area contributed by atoms with E-state index in [9.17, 15) is 9.18 Å². The minimum absolute atomic E-state index is 0.325. The lowest BCUT2D eigenvalue weighted by atomic mass is 9.79. The van der Waals surface area contributed by atoms with Crippen LogP contribution in [0.5, 0.6) is 0 Å². The van der Waals surface area contributed by atoms with Crippen LogP contribution in [0.2, 0.25) is 5.02 Å². The van der Waals surface area contributed by atoms with Gasteiger partial charge in [-0.2, -0.15) is 0 Å². The number of piperidine rings is 1. The van der Waals surface area contributed by atoms with Gasteiger partial charge < -0.3 is 10.0 Å². The van der Waals surface area contributed by atoms with Crippen molar-refractivity contribution < 1.29 is 14.3 Å². The van der Waals surface area contributed by atoms with E-state index >= 15 is 0 Å². The highest BCUT2D eigenvalue weighted by Gasteiger charge is 2.41. The van der Waals surface area contributed by atoms with Crippen molar-refractivity contribution in [2.45, 2.75) is 12.8 Å². The van der Waals surface area contributed by atoms with E-state index in [1.54, 1.807) is 6.07 Å². The number of hydrogen-bond donors (Lipinski definition) is 1. The molecule has 1 fully saturated rings. The lowest BCUT2D eigenvalue weighted by Crippen LogP contribution is -2.45. The molecule has 0 unspecified atom stereocenters. The second kappa shape index (κ2) is 5.14. The van der Waals surface area contributed by atoms with Gasteiger partial charge in [0, 0.05) is 23.8 Å². The van der Waals surface area contributed by atoms with Crippen molar-refractivity contribution in [3.8, 4) is 0 Å². The van der Waals surface area contributed by atoms with Crippen molar-refractivity contribution in [1.82, 2.24) is 0 Å². The van der Waals surface area contributed by atoms with E-state index in [4.69, 9.17) is 16.7 Å². The zero-order chi connectivity index (χ0) is 13.2. The van der Waals surface area contributed by atoms with Gasteiger partial charge in [0.15, 0.2) is 0 Å². The fraction of sp³-hybridized carbons (Fsp3) is 0.462. The maximum atomic E-state index is 13.0. The van der Waals surface area contributed by atoms with Gasteiger partial charge >= 0.3 is 5.97 Å². The molecule has 3 nitrogen and oxygen atoms in total. The molecule has 1 N–H and O–H groups in total. The first-order chi connectivity index (χ1) is 8.57. The predicted molar refractivity (Wildman–Crippen MR) is 68.9 cm³/mol. The molecule has 1 heterocycles. The third kappa shape index (κ3) is 2.43. The van der Waals surface area contributed by atoms with Crippen molar-refractivity contribution in [3.63, 3.8) is 0 Å². The van der Waals surface area contributed by atoms with Gasteiger partial charge in [-0.1, -0.05) is 17.7 Å². The molecule has 0 bridgehead atoms. The Hall–Kier alpha value is -1.29. The number of carboxylic acids is 1. The molecule has 5 heteroatoms. The number of halogens is 2. The summed E-state index contributed by atoms with van der Waals surface area (Å²) in [6.07, 6.45) is 0.649. The number of nitrogens with zero attached hydrogens (tertiary/aromatic N) is 1. The molecule has 0 amide bonds. The first-order valence-electron chi connectivity index (χ1n) is 5.87. The van der Waals surface area contributed by atoms with Crippen LogP contribution in [0.15, 0.2) is 24.3 Å². The minimum atomic E-state index is -1.20. The Morgan fingerprint density at radius 1 is 1.44 bits per heavy atom. The Morgan fingerprint density at radius 2 is 2.11 bits per heavy atom. The van der Waals surface area contributed by atoms with E-state index in [1.165, 1.54) is 0 Å². The molecule has 18 heavy (non-hydrogen) atoms. The van der Waals surface area contributed by atoms with Gasteiger partial charge in [0.2, 0.25) is 0 Å². The van der Waals surface area contributed by atoms with Crippen LogP contribution in [-0.4, -0.2) is 30.8 Å². The zero-order valence-corrected chi connectivity index (χ0v) is 10.7. The predicted octanol–water partition coefficient (Wildman–Crippen LogP) is 2.98. The van der Waals surface area contributed by atoms with Crippen LogP contribution in [-0.2, 0) is 4.79 Å². The summed E-state index contributed by atoms with van der Waals surface area (Å²) in [5.41, 5.74) is -0.241. The van der Waals surface area contributed by atoms with E-state index in [0.29, 0.717) is 31.0 Å². The molecule has 0 atom stereocenters. The van der Waals surface area contributed by atoms with Crippen LogP contribution < -0.4 is 4.90 Å². The van der Waals surface area contributed by atoms with Crippen LogP contribution >= 0.6 is 11.6 Å². The lowest BCUT2D eigenvalue weighted by molar-refractivity contribution is -0.151. The highest BCUT2D eigenvalue weighted by molar-refractivity contribution is 6.30. The molecule has 1 saturated heterocycles. The second-order valence-corrected chi connectivity index (χ2v) is 5.12. The molecular weight excluding hydrogens is 257 g/mol. The molecule has 0 radical (unpaired) electrons. The molecule has 0 spiro atoms. The normalized spacial score (nSPS) is 18.7. The number of alkyl halides is 1. The van der Waals surface area contributed by atoms with E-state index in [1.807, 2.05) is 23.1 Å². The summed E-state index contributed by atoms with van der Waals surface area (Å²) >= 11 is 5.92. The molecule has 1 aromatic carbocycles. The van der Waals surface area contributed by atoms with Crippen molar-refractivity contribution in [2.75, 3.05) is 24.7 Å². The number of aliphatic carboxylic acids is 1. The highest BCUT2D eigenvalue weighted by Crippen LogP contribution is 2.34. The summed E-state index contributed by atoms with van der Waals surface area (Å²) in [5, 5.41) is 9.76. The van der Waals surface area contributed by atoms with Gasteiger partial charge in [0.05, 0.1) is 5.41 Å². The van der Waals surface area contributed by atoms with Gasteiger partial charge in [0.1, 0.15) is 6.67 Å². The van der Waals surface area contributed by atoms with Gasteiger partial charge in [-0.25, -0.2) is 4.39 Å². The Balaban J connectivity index is 2.09. The van der Waals surface area contributed by atoms with Gasteiger partial charge in [-0.3, -0.25) is 4.79 Å². The number of anilines is 1. The molecule has 1 aliphatic rings. The standard InChI is InChI=1S/C13H15ClFNO2/c14-10-2-1-3-11(8-10)16-6-4-13(9-15,5-7-16)12(17)18/h1-3,8H,4-7,9H2,(H,17,18). The average Bonchev–Trinajstić information content (AvgIpc) is 2.38. The molecule has 98 valence electrons.